The highest BCUT2D eigenvalue weighted by atomic mass is 127. The standard InChI is InChI=1S/C21H24IN5O2/c1-21(2,3)29-20(28)27-9-7-26(8-10-27)18-16(14-5-4-6-15(22)11-14)12-23-19-17(18)13-24-25-19/h4-6,11-13H,7-10H2,1-3H3,(H,23,24,25). The number of aromatic amines is 1. The Morgan fingerprint density at radius 3 is 2.62 bits per heavy atom. The van der Waals surface area contributed by atoms with E-state index in [4.69, 9.17) is 4.74 Å². The number of ether oxygens (including phenoxy) is 1. The molecule has 4 rings (SSSR count). The minimum absolute atomic E-state index is 0.252. The molecule has 0 saturated carbocycles. The van der Waals surface area contributed by atoms with Crippen LogP contribution < -0.4 is 4.90 Å². The lowest BCUT2D eigenvalue weighted by Crippen LogP contribution is -2.50. The molecule has 3 aromatic rings. The first kappa shape index (κ1) is 19.9. The number of carbonyl (C=O) groups is 1. The molecule has 1 aliphatic rings. The maximum atomic E-state index is 12.4. The number of aromatic nitrogens is 3. The second-order valence-corrected chi connectivity index (χ2v) is 9.36. The Morgan fingerprint density at radius 1 is 1.17 bits per heavy atom. The predicted octanol–water partition coefficient (Wildman–Crippen LogP) is 4.29. The highest BCUT2D eigenvalue weighted by Crippen LogP contribution is 2.36. The molecule has 2 aromatic heterocycles. The van der Waals surface area contributed by atoms with E-state index in [0.29, 0.717) is 13.1 Å². The average Bonchev–Trinajstić information content (AvgIpc) is 3.15. The van der Waals surface area contributed by atoms with Crippen LogP contribution >= 0.6 is 22.6 Å². The molecule has 1 aliphatic heterocycles. The third-order valence-corrected chi connectivity index (χ3v) is 5.51. The maximum absolute atomic E-state index is 12.4. The van der Waals surface area contributed by atoms with Gasteiger partial charge in [0.1, 0.15) is 5.60 Å². The number of nitrogens with one attached hydrogen (secondary N) is 1. The fourth-order valence-electron chi connectivity index (χ4n) is 3.53. The first-order valence-electron chi connectivity index (χ1n) is 9.63. The number of piperazine rings is 1. The van der Waals surface area contributed by atoms with Crippen molar-refractivity contribution in [2.75, 3.05) is 31.1 Å². The van der Waals surface area contributed by atoms with E-state index in [1.54, 1.807) is 4.90 Å². The van der Waals surface area contributed by atoms with Gasteiger partial charge in [0.2, 0.25) is 0 Å². The summed E-state index contributed by atoms with van der Waals surface area (Å²) in [5.74, 6) is 0. The van der Waals surface area contributed by atoms with Crippen molar-refractivity contribution in [1.82, 2.24) is 20.1 Å². The number of anilines is 1. The van der Waals surface area contributed by atoms with Crippen molar-refractivity contribution in [3.63, 3.8) is 0 Å². The van der Waals surface area contributed by atoms with Crippen molar-refractivity contribution in [2.24, 2.45) is 0 Å². The van der Waals surface area contributed by atoms with E-state index in [2.05, 4.69) is 66.9 Å². The summed E-state index contributed by atoms with van der Waals surface area (Å²) < 4.78 is 6.70. The Balaban J connectivity index is 1.64. The quantitative estimate of drug-likeness (QED) is 0.527. The lowest BCUT2D eigenvalue weighted by Gasteiger charge is -2.37. The van der Waals surface area contributed by atoms with Gasteiger partial charge in [0.05, 0.1) is 17.3 Å². The molecule has 152 valence electrons. The van der Waals surface area contributed by atoms with Crippen LogP contribution in [0, 0.1) is 3.57 Å². The van der Waals surface area contributed by atoms with Gasteiger partial charge in [-0.2, -0.15) is 5.10 Å². The number of carbonyl (C=O) groups excluding carboxylic acids is 1. The van der Waals surface area contributed by atoms with Crippen molar-refractivity contribution >= 4 is 45.4 Å². The molecule has 1 aromatic carbocycles. The minimum Gasteiger partial charge on any atom is -0.444 e. The van der Waals surface area contributed by atoms with Gasteiger partial charge in [0.25, 0.3) is 0 Å². The van der Waals surface area contributed by atoms with Gasteiger partial charge in [-0.15, -0.1) is 0 Å². The molecule has 0 bridgehead atoms. The summed E-state index contributed by atoms with van der Waals surface area (Å²) in [4.78, 5) is 21.1. The molecule has 3 heterocycles. The van der Waals surface area contributed by atoms with Crippen molar-refractivity contribution in [2.45, 2.75) is 26.4 Å². The number of halogens is 1. The number of fused-ring (bicyclic) bond motifs is 1. The second kappa shape index (κ2) is 7.81. The number of hydrogen-bond acceptors (Lipinski definition) is 5. The van der Waals surface area contributed by atoms with Crippen molar-refractivity contribution in [3.05, 3.63) is 40.2 Å². The van der Waals surface area contributed by atoms with E-state index in [0.717, 1.165) is 40.9 Å². The summed E-state index contributed by atoms with van der Waals surface area (Å²) in [6.07, 6.45) is 3.48. The number of rotatable bonds is 2. The number of H-pyrrole nitrogens is 1. The average molecular weight is 505 g/mol. The van der Waals surface area contributed by atoms with Crippen LogP contribution in [0.1, 0.15) is 20.8 Å². The largest absolute Gasteiger partial charge is 0.444 e. The summed E-state index contributed by atoms with van der Waals surface area (Å²) >= 11 is 2.32. The van der Waals surface area contributed by atoms with E-state index >= 15 is 0 Å². The van der Waals surface area contributed by atoms with Crippen LogP contribution in [0.2, 0.25) is 0 Å². The molecule has 0 atom stereocenters. The van der Waals surface area contributed by atoms with E-state index < -0.39 is 5.60 Å². The van der Waals surface area contributed by atoms with Crippen LogP contribution in [0.5, 0.6) is 0 Å². The van der Waals surface area contributed by atoms with Gasteiger partial charge >= 0.3 is 6.09 Å². The van der Waals surface area contributed by atoms with Gasteiger partial charge < -0.3 is 14.5 Å². The summed E-state index contributed by atoms with van der Waals surface area (Å²) in [6.45, 7) is 8.34. The summed E-state index contributed by atoms with van der Waals surface area (Å²) in [5.41, 5.74) is 3.58. The Labute approximate surface area is 183 Å². The molecule has 1 amide bonds. The molecule has 0 unspecified atom stereocenters. The van der Waals surface area contributed by atoms with Gasteiger partial charge in [-0.25, -0.2) is 9.78 Å². The molecular formula is C21H24IN5O2. The second-order valence-electron chi connectivity index (χ2n) is 8.12. The number of pyridine rings is 1. The van der Waals surface area contributed by atoms with Crippen molar-refractivity contribution < 1.29 is 9.53 Å². The van der Waals surface area contributed by atoms with Crippen LogP contribution in [0.4, 0.5) is 10.5 Å². The zero-order valence-corrected chi connectivity index (χ0v) is 18.9. The fourth-order valence-corrected chi connectivity index (χ4v) is 4.08. The van der Waals surface area contributed by atoms with Gasteiger partial charge in [-0.3, -0.25) is 5.10 Å². The van der Waals surface area contributed by atoms with E-state index in [-0.39, 0.29) is 6.09 Å². The Kier molecular flexibility index (Phi) is 5.37. The highest BCUT2D eigenvalue weighted by Gasteiger charge is 2.28. The fraction of sp³-hybridized carbons (Fsp3) is 0.381. The normalized spacial score (nSPS) is 15.0. The van der Waals surface area contributed by atoms with E-state index in [9.17, 15) is 4.79 Å². The molecule has 0 spiro atoms. The topological polar surface area (TPSA) is 74.3 Å². The molecular weight excluding hydrogens is 481 g/mol. The SMILES string of the molecule is CC(C)(C)OC(=O)N1CCN(c2c(-c3cccc(I)c3)cnc3[nH]ncc23)CC1. The third-order valence-electron chi connectivity index (χ3n) is 4.84. The Bertz CT molecular complexity index is 1030. The number of benzene rings is 1. The van der Waals surface area contributed by atoms with Crippen LogP contribution in [0.25, 0.3) is 22.2 Å². The zero-order valence-electron chi connectivity index (χ0n) is 16.8. The molecule has 1 fully saturated rings. The minimum atomic E-state index is -0.486. The third kappa shape index (κ3) is 4.31. The summed E-state index contributed by atoms with van der Waals surface area (Å²) in [7, 11) is 0. The number of amides is 1. The zero-order chi connectivity index (χ0) is 20.6. The van der Waals surface area contributed by atoms with E-state index in [1.165, 1.54) is 3.57 Å². The smallest absolute Gasteiger partial charge is 0.410 e. The Hall–Kier alpha value is -2.36. The lowest BCUT2D eigenvalue weighted by atomic mass is 10.0. The molecule has 8 heteroatoms. The monoisotopic (exact) mass is 505 g/mol. The molecule has 1 saturated heterocycles. The molecule has 0 radical (unpaired) electrons. The molecule has 1 N–H and O–H groups in total. The molecule has 7 nitrogen and oxygen atoms in total. The summed E-state index contributed by atoms with van der Waals surface area (Å²) in [6, 6.07) is 8.39. The highest BCUT2D eigenvalue weighted by molar-refractivity contribution is 14.1. The van der Waals surface area contributed by atoms with Gasteiger partial charge in [0.15, 0.2) is 5.65 Å². The van der Waals surface area contributed by atoms with Crippen LogP contribution in [-0.4, -0.2) is 58.0 Å². The van der Waals surface area contributed by atoms with E-state index in [1.807, 2.05) is 33.2 Å². The maximum Gasteiger partial charge on any atom is 0.410 e. The Morgan fingerprint density at radius 2 is 1.93 bits per heavy atom. The lowest BCUT2D eigenvalue weighted by molar-refractivity contribution is 0.0241. The predicted molar refractivity (Wildman–Crippen MR) is 122 cm³/mol. The molecule has 29 heavy (non-hydrogen) atoms. The van der Waals surface area contributed by atoms with Gasteiger partial charge in [-0.1, -0.05) is 12.1 Å². The number of hydrogen-bond donors (Lipinski definition) is 1. The molecule has 0 aliphatic carbocycles. The van der Waals surface area contributed by atoms with Crippen LogP contribution in [0.15, 0.2) is 36.7 Å². The van der Waals surface area contributed by atoms with Crippen molar-refractivity contribution in [1.29, 1.82) is 0 Å². The van der Waals surface area contributed by atoms with Gasteiger partial charge in [-0.05, 0) is 61.1 Å². The van der Waals surface area contributed by atoms with Crippen LogP contribution in [-0.2, 0) is 4.74 Å². The summed E-state index contributed by atoms with van der Waals surface area (Å²) in [5, 5.41) is 8.15. The van der Waals surface area contributed by atoms with Gasteiger partial charge in [0, 0.05) is 41.5 Å². The first-order valence-corrected chi connectivity index (χ1v) is 10.7. The first-order chi connectivity index (χ1) is 13.8. The van der Waals surface area contributed by atoms with Crippen molar-refractivity contribution in [3.8, 4) is 11.1 Å². The number of nitrogens with zero attached hydrogens (tertiary/aromatic N) is 4. The van der Waals surface area contributed by atoms with Crippen LogP contribution in [0.3, 0.4) is 0 Å².